The number of aryl methyl sites for hydroxylation is 1. The van der Waals surface area contributed by atoms with Crippen molar-refractivity contribution in [3.63, 3.8) is 0 Å². The van der Waals surface area contributed by atoms with Crippen LogP contribution in [0.25, 0.3) is 16.2 Å². The number of carbonyl (C=O) groups is 1. The van der Waals surface area contributed by atoms with Gasteiger partial charge in [-0.1, -0.05) is 29.8 Å². The van der Waals surface area contributed by atoms with Gasteiger partial charge < -0.3 is 14.8 Å². The Hall–Kier alpha value is -2.22. The molecule has 3 rings (SSSR count). The van der Waals surface area contributed by atoms with Crippen LogP contribution in [0, 0.1) is 6.92 Å². The number of methoxy groups -OCH3 is 2. The first-order valence-electron chi connectivity index (χ1n) is 7.95. The number of hydrogen-bond donors (Lipinski definition) is 1. The van der Waals surface area contributed by atoms with Crippen LogP contribution in [0.3, 0.4) is 0 Å². The second-order valence-corrected chi connectivity index (χ2v) is 6.59. The van der Waals surface area contributed by atoms with E-state index in [9.17, 15) is 4.79 Å². The Morgan fingerprint density at radius 2 is 2.00 bits per heavy atom. The van der Waals surface area contributed by atoms with E-state index in [2.05, 4.69) is 41.5 Å². The lowest BCUT2D eigenvalue weighted by molar-refractivity contribution is -0.126. The van der Waals surface area contributed by atoms with Crippen LogP contribution in [0.4, 0.5) is 0 Å². The molecule has 0 radical (unpaired) electrons. The van der Waals surface area contributed by atoms with Gasteiger partial charge in [0.2, 0.25) is 5.91 Å². The maximum atomic E-state index is 12.2. The molecule has 1 aromatic carbocycles. The summed E-state index contributed by atoms with van der Waals surface area (Å²) in [4.78, 5) is 17.7. The number of amides is 1. The van der Waals surface area contributed by atoms with Crippen molar-refractivity contribution >= 4 is 22.2 Å². The first-order valence-corrected chi connectivity index (χ1v) is 8.83. The highest BCUT2D eigenvalue weighted by molar-refractivity contribution is 7.15. The Morgan fingerprint density at radius 1 is 1.28 bits per heavy atom. The normalized spacial score (nSPS) is 11.4. The molecule has 7 heteroatoms. The number of benzene rings is 1. The summed E-state index contributed by atoms with van der Waals surface area (Å²) in [6, 6.07) is 8.26. The van der Waals surface area contributed by atoms with Gasteiger partial charge in [0.15, 0.2) is 11.3 Å². The third-order valence-electron chi connectivity index (χ3n) is 3.96. The Balaban J connectivity index is 1.72. The highest BCUT2D eigenvalue weighted by Gasteiger charge is 2.14. The Kier molecular flexibility index (Phi) is 5.47. The van der Waals surface area contributed by atoms with Crippen LogP contribution >= 0.6 is 11.3 Å². The van der Waals surface area contributed by atoms with E-state index in [0.717, 1.165) is 21.9 Å². The van der Waals surface area contributed by atoms with Crippen molar-refractivity contribution in [2.24, 2.45) is 0 Å². The van der Waals surface area contributed by atoms with Gasteiger partial charge in [-0.2, -0.15) is 0 Å². The minimum absolute atomic E-state index is 0.0793. The number of carbonyl (C=O) groups excluding carboxylic acids is 1. The van der Waals surface area contributed by atoms with Gasteiger partial charge in [0.1, 0.15) is 0 Å². The van der Waals surface area contributed by atoms with E-state index in [1.165, 1.54) is 16.9 Å². The summed E-state index contributed by atoms with van der Waals surface area (Å²) in [6.07, 6.45) is 1.82. The Morgan fingerprint density at radius 3 is 2.68 bits per heavy atom. The molecule has 0 bridgehead atoms. The maximum absolute atomic E-state index is 12.2. The highest BCUT2D eigenvalue weighted by atomic mass is 32.1. The van der Waals surface area contributed by atoms with E-state index < -0.39 is 6.29 Å². The molecule has 0 aliphatic rings. The molecule has 0 atom stereocenters. The smallest absolute Gasteiger partial charge is 0.226 e. The second-order valence-electron chi connectivity index (χ2n) is 5.75. The van der Waals surface area contributed by atoms with E-state index >= 15 is 0 Å². The summed E-state index contributed by atoms with van der Waals surface area (Å²) in [6.45, 7) is 2.38. The number of rotatable bonds is 7. The van der Waals surface area contributed by atoms with Gasteiger partial charge >= 0.3 is 0 Å². The number of imidazole rings is 1. The fourth-order valence-corrected chi connectivity index (χ4v) is 3.38. The summed E-state index contributed by atoms with van der Waals surface area (Å²) < 4.78 is 12.1. The second kappa shape index (κ2) is 7.77. The lowest BCUT2D eigenvalue weighted by atomic mass is 10.1. The molecule has 0 fully saturated rings. The zero-order valence-corrected chi connectivity index (χ0v) is 15.3. The van der Waals surface area contributed by atoms with Crippen LogP contribution in [-0.2, 0) is 20.7 Å². The fourth-order valence-electron chi connectivity index (χ4n) is 2.51. The molecule has 6 nitrogen and oxygen atoms in total. The van der Waals surface area contributed by atoms with Gasteiger partial charge in [0.25, 0.3) is 0 Å². The van der Waals surface area contributed by atoms with Gasteiger partial charge in [0.05, 0.1) is 18.7 Å². The SMILES string of the molecule is COC(CNC(=O)Cc1csc2nc(-c3ccc(C)cc3)cn12)OC. The minimum atomic E-state index is -0.437. The van der Waals surface area contributed by atoms with E-state index in [1.54, 1.807) is 14.2 Å². The first kappa shape index (κ1) is 17.6. The zero-order chi connectivity index (χ0) is 17.8. The summed E-state index contributed by atoms with van der Waals surface area (Å²) in [5.74, 6) is -0.0793. The predicted molar refractivity (Wildman–Crippen MR) is 97.8 cm³/mol. The molecule has 3 aromatic rings. The van der Waals surface area contributed by atoms with Gasteiger partial charge in [-0.15, -0.1) is 11.3 Å². The molecule has 132 valence electrons. The summed E-state index contributed by atoms with van der Waals surface area (Å²) in [7, 11) is 3.08. The average molecular weight is 359 g/mol. The van der Waals surface area contributed by atoms with Crippen molar-refractivity contribution in [3.8, 4) is 11.3 Å². The quantitative estimate of drug-likeness (QED) is 0.659. The van der Waals surface area contributed by atoms with Crippen LogP contribution in [-0.4, -0.2) is 42.3 Å². The van der Waals surface area contributed by atoms with E-state index in [4.69, 9.17) is 9.47 Å². The van der Waals surface area contributed by atoms with Gasteiger partial charge in [-0.05, 0) is 6.92 Å². The molecule has 0 saturated heterocycles. The van der Waals surface area contributed by atoms with E-state index in [1.807, 2.05) is 16.0 Å². The minimum Gasteiger partial charge on any atom is -0.354 e. The van der Waals surface area contributed by atoms with E-state index in [0.29, 0.717) is 6.54 Å². The molecule has 0 saturated carbocycles. The summed E-state index contributed by atoms with van der Waals surface area (Å²) in [5, 5.41) is 4.78. The van der Waals surface area contributed by atoms with Crippen molar-refractivity contribution in [1.82, 2.24) is 14.7 Å². The molecule has 2 aromatic heterocycles. The average Bonchev–Trinajstić information content (AvgIpc) is 3.18. The first-order chi connectivity index (χ1) is 12.1. The molecule has 0 unspecified atom stereocenters. The number of nitrogens with one attached hydrogen (secondary N) is 1. The molecule has 2 heterocycles. The van der Waals surface area contributed by atoms with Crippen LogP contribution in [0.1, 0.15) is 11.3 Å². The van der Waals surface area contributed by atoms with E-state index in [-0.39, 0.29) is 12.3 Å². The lowest BCUT2D eigenvalue weighted by Crippen LogP contribution is -2.35. The highest BCUT2D eigenvalue weighted by Crippen LogP contribution is 2.24. The van der Waals surface area contributed by atoms with Crippen LogP contribution in [0.15, 0.2) is 35.8 Å². The van der Waals surface area contributed by atoms with Crippen molar-refractivity contribution in [2.75, 3.05) is 20.8 Å². The fraction of sp³-hybridized carbons (Fsp3) is 0.333. The zero-order valence-electron chi connectivity index (χ0n) is 14.5. The van der Waals surface area contributed by atoms with Gasteiger partial charge in [-0.3, -0.25) is 9.20 Å². The number of nitrogens with zero attached hydrogens (tertiary/aromatic N) is 2. The number of fused-ring (bicyclic) bond motifs is 1. The lowest BCUT2D eigenvalue weighted by Gasteiger charge is -2.13. The van der Waals surface area contributed by atoms with Crippen molar-refractivity contribution in [2.45, 2.75) is 19.6 Å². The van der Waals surface area contributed by atoms with Crippen LogP contribution < -0.4 is 5.32 Å². The van der Waals surface area contributed by atoms with Crippen LogP contribution in [0.5, 0.6) is 0 Å². The monoisotopic (exact) mass is 359 g/mol. The molecule has 0 aliphatic heterocycles. The molecule has 0 aliphatic carbocycles. The third kappa shape index (κ3) is 4.07. The van der Waals surface area contributed by atoms with Crippen molar-refractivity contribution in [1.29, 1.82) is 0 Å². The molecule has 0 spiro atoms. The molecule has 1 N–H and O–H groups in total. The largest absolute Gasteiger partial charge is 0.354 e. The number of hydrogen-bond acceptors (Lipinski definition) is 5. The number of ether oxygens (including phenoxy) is 2. The van der Waals surface area contributed by atoms with Crippen LogP contribution in [0.2, 0.25) is 0 Å². The van der Waals surface area contributed by atoms with Gasteiger partial charge in [-0.25, -0.2) is 4.98 Å². The molecular formula is C18H21N3O3S. The number of thiazole rings is 1. The van der Waals surface area contributed by atoms with Crippen molar-refractivity contribution < 1.29 is 14.3 Å². The van der Waals surface area contributed by atoms with Gasteiger partial charge in [0, 0.05) is 37.1 Å². The topological polar surface area (TPSA) is 64.9 Å². The molecule has 25 heavy (non-hydrogen) atoms. The summed E-state index contributed by atoms with van der Waals surface area (Å²) >= 11 is 1.53. The molecular weight excluding hydrogens is 338 g/mol. The third-order valence-corrected chi connectivity index (χ3v) is 4.85. The number of aromatic nitrogens is 2. The Labute approximate surface area is 150 Å². The summed E-state index contributed by atoms with van der Waals surface area (Å²) in [5.41, 5.74) is 4.11. The van der Waals surface area contributed by atoms with Crippen molar-refractivity contribution in [3.05, 3.63) is 47.1 Å². The Bertz CT molecular complexity index is 850. The maximum Gasteiger partial charge on any atom is 0.226 e. The molecule has 1 amide bonds. The predicted octanol–water partition coefficient (Wildman–Crippen LogP) is 2.65. The standard InChI is InChI=1S/C18H21N3O3S/c1-12-4-6-13(7-5-12)15-10-21-14(11-25-18(21)20-15)8-16(22)19-9-17(23-2)24-3/h4-7,10-11,17H,8-9H2,1-3H3,(H,19,22).